The average Bonchev–Trinajstić information content (AvgIpc) is 2.83. The fraction of sp³-hybridized carbons (Fsp3) is 0.833. The van der Waals surface area contributed by atoms with Crippen LogP contribution in [0.15, 0.2) is 4.52 Å². The first-order chi connectivity index (χ1) is 8.26. The van der Waals surface area contributed by atoms with E-state index < -0.39 is 0 Å². The highest BCUT2D eigenvalue weighted by molar-refractivity contribution is 5.01. The van der Waals surface area contributed by atoms with Crippen LogP contribution in [-0.2, 0) is 16.8 Å². The van der Waals surface area contributed by atoms with Gasteiger partial charge in [-0.1, -0.05) is 5.16 Å². The second-order valence-electron chi connectivity index (χ2n) is 5.17. The van der Waals surface area contributed by atoms with Crippen LogP contribution >= 0.6 is 0 Å². The minimum absolute atomic E-state index is 0.328. The van der Waals surface area contributed by atoms with Crippen LogP contribution in [-0.4, -0.2) is 29.3 Å². The van der Waals surface area contributed by atoms with Gasteiger partial charge in [-0.15, -0.1) is 0 Å². The topological polar surface area (TPSA) is 60.2 Å². The molecule has 1 aromatic rings. The zero-order chi connectivity index (χ0) is 11.7. The third-order valence-corrected chi connectivity index (χ3v) is 3.51. The Bertz CT molecular complexity index is 381. The van der Waals surface area contributed by atoms with E-state index in [0.29, 0.717) is 11.7 Å². The molecule has 2 fully saturated rings. The summed E-state index contributed by atoms with van der Waals surface area (Å²) < 4.78 is 11.0. The third-order valence-electron chi connectivity index (χ3n) is 3.51. The normalized spacial score (nSPS) is 28.8. The van der Waals surface area contributed by atoms with Gasteiger partial charge in [0.2, 0.25) is 11.7 Å². The molecule has 17 heavy (non-hydrogen) atoms. The van der Waals surface area contributed by atoms with Gasteiger partial charge in [-0.05, 0) is 32.6 Å². The van der Waals surface area contributed by atoms with Crippen molar-refractivity contribution in [2.45, 2.75) is 50.7 Å². The van der Waals surface area contributed by atoms with E-state index in [1.54, 1.807) is 0 Å². The van der Waals surface area contributed by atoms with Crippen molar-refractivity contribution < 1.29 is 9.26 Å². The summed E-state index contributed by atoms with van der Waals surface area (Å²) in [5.74, 6) is 1.42. The maximum Gasteiger partial charge on any atom is 0.228 e. The predicted molar refractivity (Wildman–Crippen MR) is 61.6 cm³/mol. The van der Waals surface area contributed by atoms with Crippen molar-refractivity contribution in [3.05, 3.63) is 11.7 Å². The molecular weight excluding hydrogens is 218 g/mol. The number of nitrogens with one attached hydrogen (secondary N) is 1. The summed E-state index contributed by atoms with van der Waals surface area (Å²) in [5, 5.41) is 7.48. The SMILES string of the molecule is CC1(c2noc(CCNC3CC3)n2)CCCO1. The van der Waals surface area contributed by atoms with Crippen molar-refractivity contribution in [1.29, 1.82) is 0 Å². The average molecular weight is 237 g/mol. The largest absolute Gasteiger partial charge is 0.367 e. The Labute approximate surface area is 101 Å². The number of nitrogens with zero attached hydrogens (tertiary/aromatic N) is 2. The molecule has 3 rings (SSSR count). The number of ether oxygens (including phenoxy) is 1. The molecule has 0 aromatic carbocycles. The van der Waals surface area contributed by atoms with E-state index in [1.807, 2.05) is 6.92 Å². The molecule has 1 aromatic heterocycles. The molecule has 2 aliphatic rings. The highest BCUT2D eigenvalue weighted by Crippen LogP contribution is 2.33. The monoisotopic (exact) mass is 237 g/mol. The van der Waals surface area contributed by atoms with Crippen LogP contribution < -0.4 is 5.32 Å². The Hall–Kier alpha value is -0.940. The predicted octanol–water partition coefficient (Wildman–Crippen LogP) is 1.39. The van der Waals surface area contributed by atoms with Crippen LogP contribution in [0.3, 0.4) is 0 Å². The quantitative estimate of drug-likeness (QED) is 0.838. The van der Waals surface area contributed by atoms with Gasteiger partial charge in [0.1, 0.15) is 5.60 Å². The molecule has 0 radical (unpaired) electrons. The number of aromatic nitrogens is 2. The maximum atomic E-state index is 5.69. The summed E-state index contributed by atoms with van der Waals surface area (Å²) in [7, 11) is 0. The van der Waals surface area contributed by atoms with Crippen molar-refractivity contribution in [1.82, 2.24) is 15.5 Å². The Morgan fingerprint density at radius 1 is 1.47 bits per heavy atom. The van der Waals surface area contributed by atoms with Gasteiger partial charge in [0.05, 0.1) is 0 Å². The summed E-state index contributed by atoms with van der Waals surface area (Å²) in [6, 6.07) is 0.730. The van der Waals surface area contributed by atoms with Crippen molar-refractivity contribution in [2.75, 3.05) is 13.2 Å². The molecular formula is C12H19N3O2. The summed E-state index contributed by atoms with van der Waals surface area (Å²) >= 11 is 0. The molecule has 1 aliphatic carbocycles. The van der Waals surface area contributed by atoms with Crippen LogP contribution in [0.4, 0.5) is 0 Å². The first-order valence-corrected chi connectivity index (χ1v) is 6.47. The van der Waals surface area contributed by atoms with Crippen molar-refractivity contribution in [3.8, 4) is 0 Å². The molecule has 94 valence electrons. The number of hydrogen-bond acceptors (Lipinski definition) is 5. The van der Waals surface area contributed by atoms with Crippen LogP contribution in [0.2, 0.25) is 0 Å². The van der Waals surface area contributed by atoms with Gasteiger partial charge in [-0.3, -0.25) is 0 Å². The highest BCUT2D eigenvalue weighted by atomic mass is 16.5. The van der Waals surface area contributed by atoms with E-state index in [4.69, 9.17) is 9.26 Å². The summed E-state index contributed by atoms with van der Waals surface area (Å²) in [6.45, 7) is 3.75. The molecule has 1 saturated heterocycles. The van der Waals surface area contributed by atoms with Crippen molar-refractivity contribution in [2.24, 2.45) is 0 Å². The highest BCUT2D eigenvalue weighted by Gasteiger charge is 2.36. The minimum Gasteiger partial charge on any atom is -0.367 e. The van der Waals surface area contributed by atoms with Gasteiger partial charge in [0, 0.05) is 25.6 Å². The lowest BCUT2D eigenvalue weighted by atomic mass is 10.0. The summed E-state index contributed by atoms with van der Waals surface area (Å²) in [6.07, 6.45) is 5.47. The molecule has 1 unspecified atom stereocenters. The summed E-state index contributed by atoms with van der Waals surface area (Å²) in [5.41, 5.74) is -0.328. The van der Waals surface area contributed by atoms with Gasteiger partial charge >= 0.3 is 0 Å². The molecule has 1 saturated carbocycles. The number of rotatable bonds is 5. The van der Waals surface area contributed by atoms with E-state index in [-0.39, 0.29) is 5.60 Å². The Kier molecular flexibility index (Phi) is 2.88. The Morgan fingerprint density at radius 3 is 3.06 bits per heavy atom. The lowest BCUT2D eigenvalue weighted by Crippen LogP contribution is -2.22. The van der Waals surface area contributed by atoms with E-state index in [2.05, 4.69) is 15.5 Å². The second kappa shape index (κ2) is 4.38. The Morgan fingerprint density at radius 2 is 2.35 bits per heavy atom. The van der Waals surface area contributed by atoms with E-state index >= 15 is 0 Å². The van der Waals surface area contributed by atoms with E-state index in [9.17, 15) is 0 Å². The molecule has 1 atom stereocenters. The maximum absolute atomic E-state index is 5.69. The van der Waals surface area contributed by atoms with Gasteiger partial charge < -0.3 is 14.6 Å². The lowest BCUT2D eigenvalue weighted by Gasteiger charge is -2.17. The number of hydrogen-bond donors (Lipinski definition) is 1. The lowest BCUT2D eigenvalue weighted by molar-refractivity contribution is 0.00768. The van der Waals surface area contributed by atoms with Crippen molar-refractivity contribution in [3.63, 3.8) is 0 Å². The Balaban J connectivity index is 1.57. The molecule has 0 amide bonds. The summed E-state index contributed by atoms with van der Waals surface area (Å²) in [4.78, 5) is 4.44. The molecule has 0 bridgehead atoms. The van der Waals surface area contributed by atoms with Gasteiger partial charge in [0.15, 0.2) is 0 Å². The van der Waals surface area contributed by atoms with Gasteiger partial charge in [-0.25, -0.2) is 0 Å². The van der Waals surface area contributed by atoms with Crippen LogP contribution in [0.5, 0.6) is 0 Å². The van der Waals surface area contributed by atoms with Gasteiger partial charge in [0.25, 0.3) is 0 Å². The fourth-order valence-electron chi connectivity index (χ4n) is 2.20. The van der Waals surface area contributed by atoms with Gasteiger partial charge in [-0.2, -0.15) is 4.98 Å². The molecule has 0 spiro atoms. The molecule has 2 heterocycles. The first-order valence-electron chi connectivity index (χ1n) is 6.47. The van der Waals surface area contributed by atoms with Crippen molar-refractivity contribution >= 4 is 0 Å². The molecule has 1 aliphatic heterocycles. The third kappa shape index (κ3) is 2.50. The van der Waals surface area contributed by atoms with E-state index in [0.717, 1.165) is 38.5 Å². The fourth-order valence-corrected chi connectivity index (χ4v) is 2.20. The molecule has 1 N–H and O–H groups in total. The van der Waals surface area contributed by atoms with E-state index in [1.165, 1.54) is 12.8 Å². The zero-order valence-corrected chi connectivity index (χ0v) is 10.2. The standard InChI is InChI=1S/C12H19N3O2/c1-12(6-2-8-16-12)11-14-10(17-15-11)5-7-13-9-3-4-9/h9,13H,2-8H2,1H3. The zero-order valence-electron chi connectivity index (χ0n) is 10.2. The van der Waals surface area contributed by atoms with Crippen LogP contribution in [0.25, 0.3) is 0 Å². The van der Waals surface area contributed by atoms with Crippen LogP contribution in [0, 0.1) is 0 Å². The minimum atomic E-state index is -0.328. The van der Waals surface area contributed by atoms with Crippen LogP contribution in [0.1, 0.15) is 44.3 Å². The smallest absolute Gasteiger partial charge is 0.228 e. The molecule has 5 nitrogen and oxygen atoms in total. The second-order valence-corrected chi connectivity index (χ2v) is 5.17. The molecule has 5 heteroatoms. The first kappa shape index (κ1) is 11.2.